The van der Waals surface area contributed by atoms with E-state index in [9.17, 15) is 14.4 Å². The molecule has 0 spiro atoms. The van der Waals surface area contributed by atoms with Gasteiger partial charge in [-0.2, -0.15) is 0 Å². The van der Waals surface area contributed by atoms with Crippen LogP contribution in [0.1, 0.15) is 52.5 Å². The number of hydrogen-bond acceptors (Lipinski definition) is 5. The molecule has 7 heteroatoms. The van der Waals surface area contributed by atoms with Crippen molar-refractivity contribution in [2.75, 3.05) is 26.7 Å². The number of esters is 1. The van der Waals surface area contributed by atoms with Crippen LogP contribution in [0.3, 0.4) is 0 Å². The summed E-state index contributed by atoms with van der Waals surface area (Å²) in [5.74, 6) is -0.584. The van der Waals surface area contributed by atoms with E-state index in [-0.39, 0.29) is 42.3 Å². The lowest BCUT2D eigenvalue weighted by Crippen LogP contribution is -2.51. The summed E-state index contributed by atoms with van der Waals surface area (Å²) in [7, 11) is 1.70. The lowest BCUT2D eigenvalue weighted by Gasteiger charge is -2.35. The van der Waals surface area contributed by atoms with Crippen molar-refractivity contribution in [3.05, 3.63) is 47.5 Å². The molecule has 2 amide bonds. The molecule has 1 unspecified atom stereocenters. The van der Waals surface area contributed by atoms with E-state index >= 15 is 0 Å². The van der Waals surface area contributed by atoms with E-state index in [1.807, 2.05) is 32.0 Å². The molecule has 1 aliphatic rings. The number of piperidine rings is 1. The van der Waals surface area contributed by atoms with Crippen molar-refractivity contribution >= 4 is 17.8 Å². The number of amides is 2. The molecular formula is C26H39N3O4. The van der Waals surface area contributed by atoms with Crippen LogP contribution in [-0.4, -0.2) is 66.4 Å². The summed E-state index contributed by atoms with van der Waals surface area (Å²) in [6.07, 6.45) is 4.63. The summed E-state index contributed by atoms with van der Waals surface area (Å²) >= 11 is 0. The highest BCUT2D eigenvalue weighted by atomic mass is 16.5. The Balaban J connectivity index is 1.98. The predicted octanol–water partition coefficient (Wildman–Crippen LogP) is 3.15. The molecule has 2 atom stereocenters. The highest BCUT2D eigenvalue weighted by Crippen LogP contribution is 2.20. The van der Waals surface area contributed by atoms with Gasteiger partial charge in [0, 0.05) is 19.2 Å². The molecule has 1 aliphatic heterocycles. The zero-order chi connectivity index (χ0) is 24.4. The van der Waals surface area contributed by atoms with Crippen LogP contribution in [0.2, 0.25) is 0 Å². The summed E-state index contributed by atoms with van der Waals surface area (Å²) in [4.78, 5) is 41.6. The summed E-state index contributed by atoms with van der Waals surface area (Å²) in [5, 5.41) is 2.85. The number of hydrogen-bond donors (Lipinski definition) is 1. The molecule has 1 fully saturated rings. The highest BCUT2D eigenvalue weighted by Gasteiger charge is 2.29. The number of benzene rings is 1. The fourth-order valence-corrected chi connectivity index (χ4v) is 4.19. The molecule has 0 radical (unpaired) electrons. The number of carbonyl (C=O) groups is 3. The van der Waals surface area contributed by atoms with E-state index in [2.05, 4.69) is 22.3 Å². The van der Waals surface area contributed by atoms with Gasteiger partial charge in [0.1, 0.15) is 0 Å². The Morgan fingerprint density at radius 2 is 1.91 bits per heavy atom. The van der Waals surface area contributed by atoms with Crippen LogP contribution in [0.4, 0.5) is 0 Å². The van der Waals surface area contributed by atoms with Gasteiger partial charge < -0.3 is 15.0 Å². The van der Waals surface area contributed by atoms with Crippen molar-refractivity contribution in [1.82, 2.24) is 15.1 Å². The maximum absolute atomic E-state index is 13.0. The van der Waals surface area contributed by atoms with Gasteiger partial charge in [0.2, 0.25) is 11.8 Å². The molecule has 0 aliphatic carbocycles. The van der Waals surface area contributed by atoms with Crippen LogP contribution in [0.25, 0.3) is 0 Å². The smallest absolute Gasteiger partial charge is 0.333 e. The normalized spacial score (nSPS) is 18.0. The zero-order valence-corrected chi connectivity index (χ0v) is 20.7. The average molecular weight is 458 g/mol. The monoisotopic (exact) mass is 457 g/mol. The lowest BCUT2D eigenvalue weighted by atomic mass is 9.99. The van der Waals surface area contributed by atoms with Gasteiger partial charge in [-0.05, 0) is 44.7 Å². The van der Waals surface area contributed by atoms with Crippen molar-refractivity contribution in [2.24, 2.45) is 5.92 Å². The zero-order valence-electron chi connectivity index (χ0n) is 20.7. The first-order chi connectivity index (χ1) is 15.7. The van der Waals surface area contributed by atoms with Crippen LogP contribution < -0.4 is 5.32 Å². The standard InChI is InChI=1S/C26H39N3O4/c1-6-33-26(32)20(4)16-23(19(2)3)28(5)24(30)17-27-25(31)22-14-10-11-15-29(22)18-21-12-8-7-9-13-21/h7-9,12-13,16,19,22-23H,6,10-11,14-15,17-18H2,1-5H3,(H,27,31)/b20-16+/t22?,23-/m1/s1. The number of nitrogens with one attached hydrogen (secondary N) is 1. The second-order valence-corrected chi connectivity index (χ2v) is 8.99. The van der Waals surface area contributed by atoms with Gasteiger partial charge in [0.15, 0.2) is 0 Å². The van der Waals surface area contributed by atoms with Crippen molar-refractivity contribution in [3.8, 4) is 0 Å². The minimum Gasteiger partial charge on any atom is -0.463 e. The van der Waals surface area contributed by atoms with Crippen LogP contribution >= 0.6 is 0 Å². The maximum Gasteiger partial charge on any atom is 0.333 e. The second-order valence-electron chi connectivity index (χ2n) is 8.99. The molecule has 0 saturated carbocycles. The molecule has 1 saturated heterocycles. The number of likely N-dealkylation sites (N-methyl/N-ethyl adjacent to an activating group) is 1. The quantitative estimate of drug-likeness (QED) is 0.431. The highest BCUT2D eigenvalue weighted by molar-refractivity contribution is 5.89. The Morgan fingerprint density at radius 3 is 2.55 bits per heavy atom. The predicted molar refractivity (Wildman–Crippen MR) is 129 cm³/mol. The molecule has 1 aromatic rings. The van der Waals surface area contributed by atoms with Crippen LogP contribution in [0.5, 0.6) is 0 Å². The van der Waals surface area contributed by atoms with Gasteiger partial charge in [-0.25, -0.2) is 4.79 Å². The molecule has 33 heavy (non-hydrogen) atoms. The molecule has 1 aromatic carbocycles. The van der Waals surface area contributed by atoms with Crippen LogP contribution in [0, 0.1) is 5.92 Å². The van der Waals surface area contributed by atoms with Gasteiger partial charge in [-0.1, -0.05) is 56.7 Å². The largest absolute Gasteiger partial charge is 0.463 e. The van der Waals surface area contributed by atoms with Gasteiger partial charge in [-0.15, -0.1) is 0 Å². The third kappa shape index (κ3) is 8.00. The Bertz CT molecular complexity index is 822. The summed E-state index contributed by atoms with van der Waals surface area (Å²) in [6.45, 7) is 9.26. The Labute approximate surface area is 198 Å². The molecule has 1 N–H and O–H groups in total. The fourth-order valence-electron chi connectivity index (χ4n) is 4.19. The molecule has 1 heterocycles. The minimum atomic E-state index is -0.381. The van der Waals surface area contributed by atoms with E-state index in [0.29, 0.717) is 12.2 Å². The first-order valence-electron chi connectivity index (χ1n) is 11.9. The summed E-state index contributed by atoms with van der Waals surface area (Å²) in [6, 6.07) is 9.63. The summed E-state index contributed by atoms with van der Waals surface area (Å²) < 4.78 is 5.05. The average Bonchev–Trinajstić information content (AvgIpc) is 2.81. The second kappa shape index (κ2) is 13.1. The number of ether oxygens (including phenoxy) is 1. The van der Waals surface area contributed by atoms with E-state index in [1.165, 1.54) is 5.56 Å². The van der Waals surface area contributed by atoms with Crippen molar-refractivity contribution < 1.29 is 19.1 Å². The Kier molecular flexibility index (Phi) is 10.6. The van der Waals surface area contributed by atoms with Crippen molar-refractivity contribution in [2.45, 2.75) is 65.6 Å². The SMILES string of the molecule is CCOC(=O)/C(C)=C/[C@H](C(C)C)N(C)C(=O)CNC(=O)C1CCCCN1Cc1ccccc1. The van der Waals surface area contributed by atoms with Gasteiger partial charge in [0.05, 0.1) is 25.2 Å². The summed E-state index contributed by atoms with van der Waals surface area (Å²) in [5.41, 5.74) is 1.65. The first-order valence-corrected chi connectivity index (χ1v) is 11.9. The van der Waals surface area contributed by atoms with Crippen LogP contribution in [0.15, 0.2) is 42.0 Å². The van der Waals surface area contributed by atoms with Crippen molar-refractivity contribution in [3.63, 3.8) is 0 Å². The molecule has 182 valence electrons. The molecule has 7 nitrogen and oxygen atoms in total. The topological polar surface area (TPSA) is 79.0 Å². The number of nitrogens with zero attached hydrogens (tertiary/aromatic N) is 2. The van der Waals surface area contributed by atoms with Crippen molar-refractivity contribution in [1.29, 1.82) is 0 Å². The molecular weight excluding hydrogens is 418 g/mol. The van der Waals surface area contributed by atoms with Gasteiger partial charge in [-0.3, -0.25) is 14.5 Å². The fraction of sp³-hybridized carbons (Fsp3) is 0.577. The third-order valence-electron chi connectivity index (χ3n) is 6.10. The maximum atomic E-state index is 13.0. The lowest BCUT2D eigenvalue weighted by molar-refractivity contribution is -0.138. The Hall–Kier alpha value is -2.67. The molecule has 0 bridgehead atoms. The first kappa shape index (κ1) is 26.6. The van der Waals surface area contributed by atoms with E-state index in [1.54, 1.807) is 31.9 Å². The van der Waals surface area contributed by atoms with Crippen LogP contribution in [-0.2, 0) is 25.7 Å². The van der Waals surface area contributed by atoms with Gasteiger partial charge >= 0.3 is 5.97 Å². The Morgan fingerprint density at radius 1 is 1.21 bits per heavy atom. The third-order valence-corrected chi connectivity index (χ3v) is 6.10. The number of rotatable bonds is 10. The van der Waals surface area contributed by atoms with Gasteiger partial charge in [0.25, 0.3) is 0 Å². The van der Waals surface area contributed by atoms with E-state index in [0.717, 1.165) is 32.4 Å². The number of likely N-dealkylation sites (tertiary alicyclic amines) is 1. The number of carbonyl (C=O) groups excluding carboxylic acids is 3. The minimum absolute atomic E-state index is 0.0689. The van der Waals surface area contributed by atoms with E-state index in [4.69, 9.17) is 4.74 Å². The molecule has 0 aromatic heterocycles. The molecule has 2 rings (SSSR count). The van der Waals surface area contributed by atoms with E-state index < -0.39 is 0 Å².